The second-order valence-electron chi connectivity index (χ2n) is 7.21. The van der Waals surface area contributed by atoms with Gasteiger partial charge in [-0.25, -0.2) is 0 Å². The molecule has 160 valence electrons. The number of methoxy groups -OCH3 is 1. The molecule has 0 aliphatic heterocycles. The van der Waals surface area contributed by atoms with Gasteiger partial charge in [-0.3, -0.25) is 4.99 Å². The first-order valence-corrected chi connectivity index (χ1v) is 10.4. The molecule has 0 bridgehead atoms. The number of rotatable bonds is 14. The summed E-state index contributed by atoms with van der Waals surface area (Å²) in [5, 5.41) is 6.79. The highest BCUT2D eigenvalue weighted by atomic mass is 16.5. The average molecular weight is 394 g/mol. The van der Waals surface area contributed by atoms with Crippen LogP contribution in [0.4, 0.5) is 0 Å². The van der Waals surface area contributed by atoms with Gasteiger partial charge in [0.05, 0.1) is 25.9 Å². The average Bonchev–Trinajstić information content (AvgIpc) is 2.68. The first-order valence-electron chi connectivity index (χ1n) is 10.4. The van der Waals surface area contributed by atoms with E-state index < -0.39 is 0 Å². The van der Waals surface area contributed by atoms with Gasteiger partial charge >= 0.3 is 0 Å². The molecule has 1 unspecified atom stereocenters. The maximum atomic E-state index is 5.76. The van der Waals surface area contributed by atoms with E-state index in [0.717, 1.165) is 50.9 Å². The normalized spacial score (nSPS) is 12.9. The van der Waals surface area contributed by atoms with Gasteiger partial charge < -0.3 is 24.8 Å². The monoisotopic (exact) mass is 393 g/mol. The summed E-state index contributed by atoms with van der Waals surface area (Å²) >= 11 is 0. The molecule has 0 radical (unpaired) electrons. The minimum atomic E-state index is 0.161. The molecule has 0 amide bonds. The number of nitrogens with one attached hydrogen (secondary N) is 2. The molecule has 0 aliphatic rings. The lowest BCUT2D eigenvalue weighted by Gasteiger charge is -2.18. The predicted octanol–water partition coefficient (Wildman–Crippen LogP) is 3.78. The maximum Gasteiger partial charge on any atom is 0.191 e. The van der Waals surface area contributed by atoms with Crippen LogP contribution < -0.4 is 15.4 Å². The molecule has 0 heterocycles. The van der Waals surface area contributed by atoms with Gasteiger partial charge in [-0.2, -0.15) is 0 Å². The SMILES string of the molecule is CCNC(=NCCCCOCCOC)NC(C)c1ccc(OCC(C)C)cc1. The summed E-state index contributed by atoms with van der Waals surface area (Å²) in [7, 11) is 1.68. The van der Waals surface area contributed by atoms with Crippen LogP contribution in [0.2, 0.25) is 0 Å². The van der Waals surface area contributed by atoms with E-state index >= 15 is 0 Å². The first-order chi connectivity index (χ1) is 13.6. The molecule has 1 aromatic carbocycles. The molecule has 0 spiro atoms. The number of benzene rings is 1. The third-order valence-corrected chi connectivity index (χ3v) is 4.06. The fourth-order valence-corrected chi connectivity index (χ4v) is 2.48. The van der Waals surface area contributed by atoms with E-state index in [1.165, 1.54) is 5.56 Å². The van der Waals surface area contributed by atoms with Crippen molar-refractivity contribution >= 4 is 5.96 Å². The molecule has 1 atom stereocenters. The van der Waals surface area contributed by atoms with E-state index in [0.29, 0.717) is 19.1 Å². The second kappa shape index (κ2) is 15.2. The molecule has 0 saturated heterocycles. The lowest BCUT2D eigenvalue weighted by atomic mass is 10.1. The zero-order chi connectivity index (χ0) is 20.6. The Balaban J connectivity index is 2.42. The summed E-state index contributed by atoms with van der Waals surface area (Å²) in [4.78, 5) is 4.67. The van der Waals surface area contributed by atoms with Crippen LogP contribution in [-0.2, 0) is 9.47 Å². The lowest BCUT2D eigenvalue weighted by molar-refractivity contribution is 0.0690. The van der Waals surface area contributed by atoms with E-state index in [1.54, 1.807) is 7.11 Å². The Morgan fingerprint density at radius 3 is 2.43 bits per heavy atom. The van der Waals surface area contributed by atoms with Gasteiger partial charge in [0.15, 0.2) is 5.96 Å². The Morgan fingerprint density at radius 1 is 1.04 bits per heavy atom. The van der Waals surface area contributed by atoms with Gasteiger partial charge in [0.2, 0.25) is 0 Å². The molecule has 0 saturated carbocycles. The Morgan fingerprint density at radius 2 is 1.79 bits per heavy atom. The van der Waals surface area contributed by atoms with Crippen LogP contribution in [0.25, 0.3) is 0 Å². The highest BCUT2D eigenvalue weighted by Crippen LogP contribution is 2.18. The summed E-state index contributed by atoms with van der Waals surface area (Å²) in [5.41, 5.74) is 1.20. The van der Waals surface area contributed by atoms with E-state index in [2.05, 4.69) is 55.5 Å². The van der Waals surface area contributed by atoms with Crippen molar-refractivity contribution in [1.82, 2.24) is 10.6 Å². The van der Waals surface area contributed by atoms with Crippen molar-refractivity contribution in [3.63, 3.8) is 0 Å². The van der Waals surface area contributed by atoms with E-state index in [1.807, 2.05) is 12.1 Å². The first kappa shape index (κ1) is 24.2. The van der Waals surface area contributed by atoms with Gasteiger partial charge in [-0.05, 0) is 50.3 Å². The van der Waals surface area contributed by atoms with Crippen molar-refractivity contribution in [2.75, 3.05) is 46.6 Å². The molecule has 1 rings (SSSR count). The molecule has 0 fully saturated rings. The van der Waals surface area contributed by atoms with Crippen LogP contribution in [0.5, 0.6) is 5.75 Å². The zero-order valence-electron chi connectivity index (χ0n) is 18.3. The van der Waals surface area contributed by atoms with E-state index in [9.17, 15) is 0 Å². The highest BCUT2D eigenvalue weighted by molar-refractivity contribution is 5.80. The van der Waals surface area contributed by atoms with Gasteiger partial charge in [0.25, 0.3) is 0 Å². The number of guanidine groups is 1. The van der Waals surface area contributed by atoms with Crippen molar-refractivity contribution in [2.24, 2.45) is 10.9 Å². The fourth-order valence-electron chi connectivity index (χ4n) is 2.48. The minimum absolute atomic E-state index is 0.161. The van der Waals surface area contributed by atoms with Crippen LogP contribution in [-0.4, -0.2) is 52.6 Å². The van der Waals surface area contributed by atoms with Gasteiger partial charge in [-0.1, -0.05) is 26.0 Å². The molecule has 1 aromatic rings. The van der Waals surface area contributed by atoms with Crippen molar-refractivity contribution in [3.05, 3.63) is 29.8 Å². The molecule has 6 heteroatoms. The van der Waals surface area contributed by atoms with Gasteiger partial charge in [0, 0.05) is 26.8 Å². The molecule has 6 nitrogen and oxygen atoms in total. The lowest BCUT2D eigenvalue weighted by Crippen LogP contribution is -2.38. The van der Waals surface area contributed by atoms with Gasteiger partial charge in [0.1, 0.15) is 5.75 Å². The Bertz CT molecular complexity index is 532. The van der Waals surface area contributed by atoms with Crippen molar-refractivity contribution in [2.45, 2.75) is 46.6 Å². The van der Waals surface area contributed by atoms with Gasteiger partial charge in [-0.15, -0.1) is 0 Å². The van der Waals surface area contributed by atoms with Crippen LogP contribution in [0, 0.1) is 5.92 Å². The standard InChI is InChI=1S/C22H39N3O3/c1-6-23-22(24-13-7-8-14-27-16-15-26-5)25-19(4)20-9-11-21(12-10-20)28-17-18(2)3/h9-12,18-19H,6-8,13-17H2,1-5H3,(H2,23,24,25). The van der Waals surface area contributed by atoms with Crippen molar-refractivity contribution < 1.29 is 14.2 Å². The van der Waals surface area contributed by atoms with Crippen LogP contribution >= 0.6 is 0 Å². The largest absolute Gasteiger partial charge is 0.493 e. The summed E-state index contributed by atoms with van der Waals surface area (Å²) in [6.45, 7) is 12.9. The summed E-state index contributed by atoms with van der Waals surface area (Å²) in [6.07, 6.45) is 2.00. The number of aliphatic imine (C=N–C) groups is 1. The Labute approximate surface area is 171 Å². The quantitative estimate of drug-likeness (QED) is 0.286. The predicted molar refractivity (Wildman–Crippen MR) is 116 cm³/mol. The smallest absolute Gasteiger partial charge is 0.191 e. The topological polar surface area (TPSA) is 64.1 Å². The fraction of sp³-hybridized carbons (Fsp3) is 0.682. The second-order valence-corrected chi connectivity index (χ2v) is 7.21. The number of hydrogen-bond acceptors (Lipinski definition) is 4. The molecule has 2 N–H and O–H groups in total. The summed E-state index contributed by atoms with van der Waals surface area (Å²) < 4.78 is 16.2. The number of unbranched alkanes of at least 4 members (excludes halogenated alkanes) is 1. The maximum absolute atomic E-state index is 5.76. The minimum Gasteiger partial charge on any atom is -0.493 e. The van der Waals surface area contributed by atoms with E-state index in [4.69, 9.17) is 14.2 Å². The molecular formula is C22H39N3O3. The van der Waals surface area contributed by atoms with Crippen molar-refractivity contribution in [3.8, 4) is 5.75 Å². The third kappa shape index (κ3) is 11.1. The Kier molecular flexibility index (Phi) is 13.1. The number of ether oxygens (including phenoxy) is 3. The molecule has 28 heavy (non-hydrogen) atoms. The van der Waals surface area contributed by atoms with Crippen LogP contribution in [0.15, 0.2) is 29.3 Å². The van der Waals surface area contributed by atoms with Crippen LogP contribution in [0.1, 0.15) is 52.1 Å². The van der Waals surface area contributed by atoms with Crippen LogP contribution in [0.3, 0.4) is 0 Å². The van der Waals surface area contributed by atoms with Crippen molar-refractivity contribution in [1.29, 1.82) is 0 Å². The molecule has 0 aromatic heterocycles. The molecular weight excluding hydrogens is 354 g/mol. The summed E-state index contributed by atoms with van der Waals surface area (Å²) in [5.74, 6) is 2.28. The third-order valence-electron chi connectivity index (χ3n) is 4.06. The number of nitrogens with zero attached hydrogens (tertiary/aromatic N) is 1. The molecule has 0 aliphatic carbocycles. The zero-order valence-corrected chi connectivity index (χ0v) is 18.3. The Hall–Kier alpha value is -1.79. The van der Waals surface area contributed by atoms with E-state index in [-0.39, 0.29) is 6.04 Å². The number of hydrogen-bond donors (Lipinski definition) is 2. The highest BCUT2D eigenvalue weighted by Gasteiger charge is 2.08. The summed E-state index contributed by atoms with van der Waals surface area (Å²) in [6, 6.07) is 8.43.